The molecule has 5 heteroatoms. The fraction of sp³-hybridized carbons (Fsp3) is 0.935. The van der Waals surface area contributed by atoms with E-state index in [4.69, 9.17) is 4.74 Å². The van der Waals surface area contributed by atoms with Crippen LogP contribution in [0.2, 0.25) is 0 Å². The van der Waals surface area contributed by atoms with Crippen LogP contribution < -0.4 is 0 Å². The number of carboxylic acid groups (broad SMARTS) is 1. The third kappa shape index (κ3) is 3.64. The van der Waals surface area contributed by atoms with Crippen molar-refractivity contribution in [1.82, 2.24) is 0 Å². The van der Waals surface area contributed by atoms with Crippen LogP contribution in [0.4, 0.5) is 0 Å². The average Bonchev–Trinajstić information content (AvgIpc) is 3.19. The number of esters is 1. The van der Waals surface area contributed by atoms with Gasteiger partial charge < -0.3 is 14.9 Å². The van der Waals surface area contributed by atoms with Crippen LogP contribution >= 0.6 is 0 Å². The van der Waals surface area contributed by atoms with Gasteiger partial charge in [-0.2, -0.15) is 0 Å². The fourth-order valence-electron chi connectivity index (χ4n) is 11.1. The van der Waals surface area contributed by atoms with Crippen LogP contribution in [-0.4, -0.2) is 35.9 Å². The lowest BCUT2D eigenvalue weighted by Gasteiger charge is -2.71. The van der Waals surface area contributed by atoms with E-state index in [0.717, 1.165) is 44.9 Å². The van der Waals surface area contributed by atoms with E-state index in [2.05, 4.69) is 34.6 Å². The van der Waals surface area contributed by atoms with Gasteiger partial charge in [0.25, 0.3) is 0 Å². The van der Waals surface area contributed by atoms with E-state index < -0.39 is 16.8 Å². The van der Waals surface area contributed by atoms with Crippen LogP contribution in [0.25, 0.3) is 0 Å². The molecule has 4 saturated carbocycles. The van der Waals surface area contributed by atoms with Crippen molar-refractivity contribution in [2.24, 2.45) is 62.6 Å². The molecular formula is C31H52O5. The number of hydrogen-bond acceptors (Lipinski definition) is 4. The highest BCUT2D eigenvalue weighted by Gasteiger charge is 2.70. The second-order valence-electron chi connectivity index (χ2n) is 14.9. The molecule has 5 nitrogen and oxygen atoms in total. The van der Waals surface area contributed by atoms with Crippen LogP contribution in [0.15, 0.2) is 0 Å². The Labute approximate surface area is 219 Å². The summed E-state index contributed by atoms with van der Waals surface area (Å²) in [5.74, 6) is 1.58. The number of methoxy groups -OCH3 is 1. The number of ether oxygens (including phenoxy) is 1. The molecule has 36 heavy (non-hydrogen) atoms. The van der Waals surface area contributed by atoms with Crippen molar-refractivity contribution in [3.8, 4) is 0 Å². The van der Waals surface area contributed by atoms with Gasteiger partial charge in [0, 0.05) is 6.61 Å². The first-order chi connectivity index (χ1) is 16.6. The molecule has 0 heterocycles. The van der Waals surface area contributed by atoms with Gasteiger partial charge >= 0.3 is 11.9 Å². The van der Waals surface area contributed by atoms with Crippen LogP contribution in [0.1, 0.15) is 106 Å². The predicted octanol–water partition coefficient (Wildman–Crippen LogP) is 6.57. The molecule has 9 atom stereocenters. The highest BCUT2D eigenvalue weighted by Crippen LogP contribution is 2.76. The van der Waals surface area contributed by atoms with E-state index in [1.165, 1.54) is 13.5 Å². The smallest absolute Gasteiger partial charge is 0.309 e. The summed E-state index contributed by atoms with van der Waals surface area (Å²) in [7, 11) is 1.45. The van der Waals surface area contributed by atoms with Crippen LogP contribution in [0, 0.1) is 62.6 Å². The Balaban J connectivity index is 1.79. The molecule has 0 aliphatic heterocycles. The molecule has 0 bridgehead atoms. The topological polar surface area (TPSA) is 83.8 Å². The van der Waals surface area contributed by atoms with Crippen LogP contribution in [0.3, 0.4) is 0 Å². The van der Waals surface area contributed by atoms with Crippen molar-refractivity contribution >= 4 is 11.9 Å². The van der Waals surface area contributed by atoms with E-state index >= 15 is 0 Å². The zero-order valence-electron chi connectivity index (χ0n) is 24.2. The fourth-order valence-corrected chi connectivity index (χ4v) is 11.1. The number of aliphatic hydroxyl groups excluding tert-OH is 1. The number of carboxylic acids is 1. The van der Waals surface area contributed by atoms with Crippen molar-refractivity contribution in [3.05, 3.63) is 0 Å². The Kier molecular flexibility index (Phi) is 6.97. The van der Waals surface area contributed by atoms with Gasteiger partial charge in [0.2, 0.25) is 0 Å². The molecule has 206 valence electrons. The maximum absolute atomic E-state index is 12.8. The number of aliphatic hydroxyl groups is 1. The summed E-state index contributed by atoms with van der Waals surface area (Å²) in [5.41, 5.74) is -1.13. The maximum atomic E-state index is 12.8. The maximum Gasteiger partial charge on any atom is 0.309 e. The Bertz CT molecular complexity index is 880. The Morgan fingerprint density at radius 1 is 0.972 bits per heavy atom. The van der Waals surface area contributed by atoms with E-state index in [-0.39, 0.29) is 40.5 Å². The number of aliphatic carboxylic acids is 1. The summed E-state index contributed by atoms with van der Waals surface area (Å²) in [6, 6.07) is 0. The highest BCUT2D eigenvalue weighted by atomic mass is 16.5. The number of carbonyl (C=O) groups excluding carboxylic acids is 1. The molecule has 0 amide bonds. The van der Waals surface area contributed by atoms with Crippen molar-refractivity contribution < 1.29 is 24.5 Å². The summed E-state index contributed by atoms with van der Waals surface area (Å²) < 4.78 is 5.19. The standard InChI is InChI=1S/C31H52O5/c1-19(2)20-11-14-31(18-32)16-15-29(6)21(25(20)31)9-10-23-28(5,17-24(33)36-8)22(12-13-30(23,29)7)27(3,4)26(34)35/h19-23,25,32H,9-18H2,1-8H3,(H,34,35)/t20-,21?,22?,23+,25?,28-,29+,30+,31+/m0/s1. The minimum Gasteiger partial charge on any atom is -0.481 e. The predicted molar refractivity (Wildman–Crippen MR) is 141 cm³/mol. The monoisotopic (exact) mass is 504 g/mol. The highest BCUT2D eigenvalue weighted by molar-refractivity contribution is 5.75. The summed E-state index contributed by atoms with van der Waals surface area (Å²) >= 11 is 0. The molecule has 0 radical (unpaired) electrons. The first-order valence-electron chi connectivity index (χ1n) is 14.6. The summed E-state index contributed by atoms with van der Waals surface area (Å²) in [5, 5.41) is 20.9. The number of fused-ring (bicyclic) bond motifs is 5. The first kappa shape index (κ1) is 27.9. The molecule has 3 unspecified atom stereocenters. The first-order valence-corrected chi connectivity index (χ1v) is 14.6. The van der Waals surface area contributed by atoms with Gasteiger partial charge in [-0.25, -0.2) is 0 Å². The second-order valence-corrected chi connectivity index (χ2v) is 14.9. The van der Waals surface area contributed by atoms with E-state index in [1.807, 2.05) is 13.8 Å². The summed E-state index contributed by atoms with van der Waals surface area (Å²) in [6.07, 6.45) is 8.84. The normalized spacial score (nSPS) is 46.6. The largest absolute Gasteiger partial charge is 0.481 e. The Morgan fingerprint density at radius 2 is 1.64 bits per heavy atom. The van der Waals surface area contributed by atoms with E-state index in [9.17, 15) is 19.8 Å². The molecule has 2 N–H and O–H groups in total. The van der Waals surface area contributed by atoms with Gasteiger partial charge in [-0.1, -0.05) is 34.6 Å². The van der Waals surface area contributed by atoms with E-state index in [1.54, 1.807) is 0 Å². The lowest BCUT2D eigenvalue weighted by Crippen LogP contribution is -2.65. The van der Waals surface area contributed by atoms with Gasteiger partial charge in [-0.05, 0) is 122 Å². The average molecular weight is 505 g/mol. The van der Waals surface area contributed by atoms with Gasteiger partial charge in [-0.3, -0.25) is 9.59 Å². The lowest BCUT2D eigenvalue weighted by atomic mass is 9.33. The van der Waals surface area contributed by atoms with Gasteiger partial charge in [0.05, 0.1) is 18.9 Å². The SMILES string of the molecule is COC(=O)C[C@@]1(C)C(C(C)(C)C(=O)O)CC[C@]2(C)[C@@H]1CCC1C3[C@H](C(C)C)CC[C@]3(CO)CC[C@]12C. The van der Waals surface area contributed by atoms with Crippen molar-refractivity contribution in [1.29, 1.82) is 0 Å². The molecule has 0 saturated heterocycles. The van der Waals surface area contributed by atoms with Gasteiger partial charge in [0.15, 0.2) is 0 Å². The molecule has 0 aromatic rings. The number of hydrogen-bond donors (Lipinski definition) is 2. The second kappa shape index (κ2) is 8.99. The van der Waals surface area contributed by atoms with Crippen molar-refractivity contribution in [3.63, 3.8) is 0 Å². The van der Waals surface area contributed by atoms with Crippen molar-refractivity contribution in [2.45, 2.75) is 106 Å². The molecule has 0 aromatic carbocycles. The third-order valence-electron chi connectivity index (χ3n) is 13.3. The number of carbonyl (C=O) groups is 2. The van der Waals surface area contributed by atoms with E-state index in [0.29, 0.717) is 30.3 Å². The molecule has 4 rings (SSSR count). The zero-order valence-corrected chi connectivity index (χ0v) is 24.2. The molecule has 0 spiro atoms. The molecule has 4 aliphatic carbocycles. The molecular weight excluding hydrogens is 452 g/mol. The Hall–Kier alpha value is -1.10. The molecule has 0 aromatic heterocycles. The zero-order chi connectivity index (χ0) is 26.9. The Morgan fingerprint density at radius 3 is 2.19 bits per heavy atom. The minimum atomic E-state index is -0.908. The van der Waals surface area contributed by atoms with Gasteiger partial charge in [-0.15, -0.1) is 0 Å². The van der Waals surface area contributed by atoms with Crippen LogP contribution in [-0.2, 0) is 14.3 Å². The molecule has 4 aliphatic rings. The quantitative estimate of drug-likeness (QED) is 0.400. The van der Waals surface area contributed by atoms with Crippen LogP contribution in [0.5, 0.6) is 0 Å². The van der Waals surface area contributed by atoms with Crippen molar-refractivity contribution in [2.75, 3.05) is 13.7 Å². The van der Waals surface area contributed by atoms with Gasteiger partial charge in [0.1, 0.15) is 0 Å². The molecule has 4 fully saturated rings. The number of rotatable bonds is 6. The lowest BCUT2D eigenvalue weighted by molar-refractivity contribution is -0.236. The summed E-state index contributed by atoms with van der Waals surface area (Å²) in [4.78, 5) is 25.3. The third-order valence-corrected chi connectivity index (χ3v) is 13.3. The minimum absolute atomic E-state index is 0.0233. The summed E-state index contributed by atoms with van der Waals surface area (Å²) in [6.45, 7) is 16.0.